The molecule has 0 aromatic carbocycles. The van der Waals surface area contributed by atoms with Crippen LogP contribution in [0.15, 0.2) is 16.7 Å². The van der Waals surface area contributed by atoms with E-state index in [2.05, 4.69) is 17.2 Å². The molecule has 20 heavy (non-hydrogen) atoms. The monoisotopic (exact) mass is 294 g/mol. The van der Waals surface area contributed by atoms with Gasteiger partial charge in [0.05, 0.1) is 6.04 Å². The quantitative estimate of drug-likeness (QED) is 0.856. The van der Waals surface area contributed by atoms with E-state index >= 15 is 0 Å². The number of hydrogen-bond acceptors (Lipinski definition) is 5. The Labute approximate surface area is 121 Å². The van der Waals surface area contributed by atoms with Gasteiger partial charge in [0, 0.05) is 23.2 Å². The Kier molecular flexibility index (Phi) is 4.57. The minimum atomic E-state index is -1.04. The van der Waals surface area contributed by atoms with Crippen LogP contribution in [0.25, 0.3) is 0 Å². The zero-order valence-electron chi connectivity index (χ0n) is 11.8. The number of nitrogens with zero attached hydrogens (tertiary/aromatic N) is 1. The molecule has 0 saturated heterocycles. The molecular formula is C14H18N2O3S. The number of hydrogen-bond donors (Lipinski definition) is 2. The van der Waals surface area contributed by atoms with Gasteiger partial charge in [0.15, 0.2) is 0 Å². The van der Waals surface area contributed by atoms with E-state index in [4.69, 9.17) is 9.52 Å². The fourth-order valence-corrected chi connectivity index (χ4v) is 2.72. The van der Waals surface area contributed by atoms with Gasteiger partial charge in [-0.2, -0.15) is 0 Å². The summed E-state index contributed by atoms with van der Waals surface area (Å²) >= 11 is 1.70. The molecule has 0 fully saturated rings. The number of carbonyl (C=O) groups is 1. The number of carboxylic acids is 1. The lowest BCUT2D eigenvalue weighted by atomic mass is 10.2. The summed E-state index contributed by atoms with van der Waals surface area (Å²) in [6, 6.07) is 1.69. The number of nitrogens with one attached hydrogen (secondary N) is 1. The third kappa shape index (κ3) is 3.26. The van der Waals surface area contributed by atoms with Crippen LogP contribution in [0.1, 0.15) is 51.7 Å². The van der Waals surface area contributed by atoms with E-state index in [0.29, 0.717) is 12.3 Å². The van der Waals surface area contributed by atoms with E-state index in [9.17, 15) is 4.79 Å². The second kappa shape index (κ2) is 6.19. The van der Waals surface area contributed by atoms with E-state index in [1.807, 2.05) is 13.1 Å². The number of carboxylic acid groups (broad SMARTS) is 1. The average Bonchev–Trinajstić information content (AvgIpc) is 3.02. The number of aryl methyl sites for hydroxylation is 2. The second-order valence-corrected chi connectivity index (χ2v) is 5.76. The first-order valence-electron chi connectivity index (χ1n) is 6.51. The molecule has 0 aliphatic rings. The van der Waals surface area contributed by atoms with Crippen LogP contribution in [-0.2, 0) is 13.0 Å². The summed E-state index contributed by atoms with van der Waals surface area (Å²) in [7, 11) is 0. The summed E-state index contributed by atoms with van der Waals surface area (Å²) in [5.74, 6) is -0.426. The Morgan fingerprint density at radius 2 is 2.35 bits per heavy atom. The average molecular weight is 294 g/mol. The van der Waals surface area contributed by atoms with Crippen molar-refractivity contribution in [3.63, 3.8) is 0 Å². The van der Waals surface area contributed by atoms with Crippen LogP contribution in [-0.4, -0.2) is 16.1 Å². The third-order valence-corrected chi connectivity index (χ3v) is 4.44. The van der Waals surface area contributed by atoms with Crippen LogP contribution in [0.2, 0.25) is 0 Å². The molecule has 0 saturated carbocycles. The van der Waals surface area contributed by atoms with E-state index in [1.54, 1.807) is 24.3 Å². The lowest BCUT2D eigenvalue weighted by Crippen LogP contribution is -2.18. The standard InChI is InChI=1S/C14H18N2O3S/c1-4-11-7-16-13(20-11)8(2)15-6-10-5-12(14(17)18)19-9(10)3/h5,7-8,15H,4,6H2,1-3H3,(H,17,18). The maximum Gasteiger partial charge on any atom is 0.371 e. The number of thiazole rings is 1. The number of aromatic carboxylic acids is 1. The molecule has 0 radical (unpaired) electrons. The van der Waals surface area contributed by atoms with E-state index in [1.165, 1.54) is 4.88 Å². The topological polar surface area (TPSA) is 75.4 Å². The van der Waals surface area contributed by atoms with E-state index < -0.39 is 5.97 Å². The zero-order valence-corrected chi connectivity index (χ0v) is 12.6. The highest BCUT2D eigenvalue weighted by Crippen LogP contribution is 2.21. The van der Waals surface area contributed by atoms with Crippen molar-refractivity contribution in [3.8, 4) is 0 Å². The molecule has 5 nitrogen and oxygen atoms in total. The molecule has 0 amide bonds. The first-order chi connectivity index (χ1) is 9.51. The molecule has 2 aromatic heterocycles. The summed E-state index contributed by atoms with van der Waals surface area (Å²) in [6.07, 6.45) is 2.90. The largest absolute Gasteiger partial charge is 0.475 e. The molecule has 2 N–H and O–H groups in total. The van der Waals surface area contributed by atoms with Gasteiger partial charge < -0.3 is 14.8 Å². The van der Waals surface area contributed by atoms with Gasteiger partial charge in [-0.15, -0.1) is 11.3 Å². The first-order valence-corrected chi connectivity index (χ1v) is 7.33. The summed E-state index contributed by atoms with van der Waals surface area (Å²) < 4.78 is 5.18. The Hall–Kier alpha value is -1.66. The maximum absolute atomic E-state index is 10.8. The Bertz CT molecular complexity index is 603. The van der Waals surface area contributed by atoms with Crippen LogP contribution in [0.3, 0.4) is 0 Å². The molecule has 1 atom stereocenters. The molecule has 1 unspecified atom stereocenters. The maximum atomic E-state index is 10.8. The molecule has 2 rings (SSSR count). The van der Waals surface area contributed by atoms with Crippen molar-refractivity contribution in [1.82, 2.24) is 10.3 Å². The number of furan rings is 1. The Morgan fingerprint density at radius 3 is 2.90 bits per heavy atom. The molecule has 108 valence electrons. The normalized spacial score (nSPS) is 12.6. The molecule has 2 heterocycles. The van der Waals surface area contributed by atoms with Crippen molar-refractivity contribution in [2.75, 3.05) is 0 Å². The van der Waals surface area contributed by atoms with Crippen molar-refractivity contribution in [2.24, 2.45) is 0 Å². The van der Waals surface area contributed by atoms with Gasteiger partial charge in [0.1, 0.15) is 10.8 Å². The summed E-state index contributed by atoms with van der Waals surface area (Å²) in [5, 5.41) is 13.3. The predicted molar refractivity (Wildman–Crippen MR) is 77.2 cm³/mol. The second-order valence-electron chi connectivity index (χ2n) is 4.62. The minimum absolute atomic E-state index is 0.0190. The van der Waals surface area contributed by atoms with Crippen molar-refractivity contribution in [2.45, 2.75) is 39.8 Å². The molecule has 0 aliphatic carbocycles. The van der Waals surface area contributed by atoms with Gasteiger partial charge in [-0.25, -0.2) is 9.78 Å². The first kappa shape index (κ1) is 14.7. The molecule has 0 bridgehead atoms. The highest BCUT2D eigenvalue weighted by molar-refractivity contribution is 7.11. The van der Waals surface area contributed by atoms with Gasteiger partial charge in [-0.05, 0) is 26.3 Å². The van der Waals surface area contributed by atoms with Crippen molar-refractivity contribution in [3.05, 3.63) is 39.2 Å². The summed E-state index contributed by atoms with van der Waals surface area (Å²) in [6.45, 7) is 6.49. The Morgan fingerprint density at radius 1 is 1.60 bits per heavy atom. The van der Waals surface area contributed by atoms with Crippen LogP contribution in [0.5, 0.6) is 0 Å². The summed E-state index contributed by atoms with van der Waals surface area (Å²) in [5.41, 5.74) is 0.863. The summed E-state index contributed by atoms with van der Waals surface area (Å²) in [4.78, 5) is 16.5. The van der Waals surface area contributed by atoms with Gasteiger partial charge in [0.2, 0.25) is 5.76 Å². The SMILES string of the molecule is CCc1cnc(C(C)NCc2cc(C(=O)O)oc2C)s1. The van der Waals surface area contributed by atoms with E-state index in [0.717, 1.165) is 17.0 Å². The number of rotatable bonds is 6. The van der Waals surface area contributed by atoms with Crippen molar-refractivity contribution < 1.29 is 14.3 Å². The van der Waals surface area contributed by atoms with Crippen LogP contribution < -0.4 is 5.32 Å². The minimum Gasteiger partial charge on any atom is -0.475 e. The third-order valence-electron chi connectivity index (χ3n) is 3.12. The highest BCUT2D eigenvalue weighted by Gasteiger charge is 2.15. The van der Waals surface area contributed by atoms with E-state index in [-0.39, 0.29) is 11.8 Å². The van der Waals surface area contributed by atoms with Crippen LogP contribution in [0.4, 0.5) is 0 Å². The van der Waals surface area contributed by atoms with Crippen LogP contribution in [0, 0.1) is 6.92 Å². The smallest absolute Gasteiger partial charge is 0.371 e. The number of aromatic nitrogens is 1. The fraction of sp³-hybridized carbons (Fsp3) is 0.429. The lowest BCUT2D eigenvalue weighted by molar-refractivity contribution is 0.0661. The van der Waals surface area contributed by atoms with Crippen molar-refractivity contribution in [1.29, 1.82) is 0 Å². The molecule has 0 aliphatic heterocycles. The van der Waals surface area contributed by atoms with Gasteiger partial charge >= 0.3 is 5.97 Å². The molecule has 2 aromatic rings. The zero-order chi connectivity index (χ0) is 14.7. The van der Waals surface area contributed by atoms with Gasteiger partial charge in [0.25, 0.3) is 0 Å². The highest BCUT2D eigenvalue weighted by atomic mass is 32.1. The lowest BCUT2D eigenvalue weighted by Gasteiger charge is -2.10. The molecule has 0 spiro atoms. The molecule has 6 heteroatoms. The predicted octanol–water partition coefficient (Wildman–Crippen LogP) is 3.16. The Balaban J connectivity index is 1.99. The van der Waals surface area contributed by atoms with Gasteiger partial charge in [-0.3, -0.25) is 0 Å². The molecular weight excluding hydrogens is 276 g/mol. The fourth-order valence-electron chi connectivity index (χ4n) is 1.84. The van der Waals surface area contributed by atoms with Crippen LogP contribution >= 0.6 is 11.3 Å². The van der Waals surface area contributed by atoms with Gasteiger partial charge in [-0.1, -0.05) is 6.92 Å². The van der Waals surface area contributed by atoms with Crippen molar-refractivity contribution >= 4 is 17.3 Å².